The molecule has 128 valence electrons. The van der Waals surface area contributed by atoms with Crippen LogP contribution in [0.2, 0.25) is 0 Å². The summed E-state index contributed by atoms with van der Waals surface area (Å²) in [4.78, 5) is 18.0. The standard InChI is InChI=1S/C20H26N2O2/c1-14-12-21-18(15(2)20(14)23)13-22-10-5-4-9-19(22)16-7-6-8-17(11-16)24-3/h6-8,11-12,19H,4-5,9-10,13H2,1-3H3,(H,21,23)/t19-/m1/s1. The van der Waals surface area contributed by atoms with Gasteiger partial charge in [0.05, 0.1) is 7.11 Å². The van der Waals surface area contributed by atoms with Gasteiger partial charge < -0.3 is 9.72 Å². The molecular weight excluding hydrogens is 300 g/mol. The van der Waals surface area contributed by atoms with E-state index in [0.717, 1.165) is 42.1 Å². The van der Waals surface area contributed by atoms with Crippen molar-refractivity contribution in [1.82, 2.24) is 9.88 Å². The molecule has 2 heterocycles. The van der Waals surface area contributed by atoms with Gasteiger partial charge in [-0.25, -0.2) is 0 Å². The molecule has 1 fully saturated rings. The first kappa shape index (κ1) is 16.8. The summed E-state index contributed by atoms with van der Waals surface area (Å²) in [6.07, 6.45) is 5.41. The highest BCUT2D eigenvalue weighted by molar-refractivity contribution is 5.31. The number of benzene rings is 1. The molecule has 0 unspecified atom stereocenters. The lowest BCUT2D eigenvalue weighted by Gasteiger charge is -2.36. The maximum Gasteiger partial charge on any atom is 0.187 e. The van der Waals surface area contributed by atoms with Gasteiger partial charge in [-0.1, -0.05) is 18.6 Å². The molecule has 0 radical (unpaired) electrons. The van der Waals surface area contributed by atoms with Crippen LogP contribution in [-0.4, -0.2) is 23.5 Å². The SMILES string of the molecule is COc1cccc([C@H]2CCCCN2Cc2[nH]cc(C)c(=O)c2C)c1. The monoisotopic (exact) mass is 326 g/mol. The largest absolute Gasteiger partial charge is 0.497 e. The van der Waals surface area contributed by atoms with Crippen molar-refractivity contribution in [3.05, 3.63) is 63.1 Å². The van der Waals surface area contributed by atoms with Crippen LogP contribution in [0.25, 0.3) is 0 Å². The highest BCUT2D eigenvalue weighted by Gasteiger charge is 2.25. The van der Waals surface area contributed by atoms with Crippen molar-refractivity contribution in [1.29, 1.82) is 0 Å². The van der Waals surface area contributed by atoms with Crippen molar-refractivity contribution in [2.24, 2.45) is 0 Å². The van der Waals surface area contributed by atoms with Crippen molar-refractivity contribution in [2.75, 3.05) is 13.7 Å². The molecule has 1 saturated heterocycles. The second-order valence-corrected chi connectivity index (χ2v) is 6.66. The Labute approximate surface area is 143 Å². The maximum atomic E-state index is 12.2. The highest BCUT2D eigenvalue weighted by Crippen LogP contribution is 2.33. The summed E-state index contributed by atoms with van der Waals surface area (Å²) in [6, 6.07) is 8.72. The van der Waals surface area contributed by atoms with Gasteiger partial charge in [0.1, 0.15) is 5.75 Å². The van der Waals surface area contributed by atoms with Gasteiger partial charge in [0, 0.05) is 35.6 Å². The smallest absolute Gasteiger partial charge is 0.187 e. The van der Waals surface area contributed by atoms with Crippen LogP contribution < -0.4 is 10.2 Å². The van der Waals surface area contributed by atoms with Gasteiger partial charge in [0.25, 0.3) is 0 Å². The van der Waals surface area contributed by atoms with Crippen LogP contribution in [0, 0.1) is 13.8 Å². The van der Waals surface area contributed by atoms with Gasteiger partial charge in [-0.05, 0) is 50.9 Å². The quantitative estimate of drug-likeness (QED) is 0.931. The van der Waals surface area contributed by atoms with E-state index in [1.54, 1.807) is 7.11 Å². The molecule has 1 atom stereocenters. The van der Waals surface area contributed by atoms with Crippen molar-refractivity contribution < 1.29 is 4.74 Å². The molecule has 1 aromatic heterocycles. The number of H-pyrrole nitrogens is 1. The Balaban J connectivity index is 1.87. The molecule has 3 rings (SSSR count). The fourth-order valence-corrected chi connectivity index (χ4v) is 3.58. The number of aromatic nitrogens is 1. The molecule has 0 amide bonds. The zero-order valence-corrected chi connectivity index (χ0v) is 14.8. The lowest BCUT2D eigenvalue weighted by atomic mass is 9.94. The second kappa shape index (κ2) is 7.22. The van der Waals surface area contributed by atoms with E-state index in [0.29, 0.717) is 6.04 Å². The number of piperidine rings is 1. The Hall–Kier alpha value is -2.07. The fraction of sp³-hybridized carbons (Fsp3) is 0.450. The predicted octanol–water partition coefficient (Wildman–Crippen LogP) is 3.73. The summed E-state index contributed by atoms with van der Waals surface area (Å²) in [5.41, 5.74) is 4.09. The minimum atomic E-state index is 0.152. The van der Waals surface area contributed by atoms with Crippen molar-refractivity contribution >= 4 is 0 Å². The molecule has 0 saturated carbocycles. The third-order valence-electron chi connectivity index (χ3n) is 5.07. The van der Waals surface area contributed by atoms with E-state index < -0.39 is 0 Å². The lowest BCUT2D eigenvalue weighted by molar-refractivity contribution is 0.138. The van der Waals surface area contributed by atoms with Gasteiger partial charge in [-0.2, -0.15) is 0 Å². The van der Waals surface area contributed by atoms with Crippen LogP contribution in [-0.2, 0) is 6.54 Å². The van der Waals surface area contributed by atoms with Crippen LogP contribution >= 0.6 is 0 Å². The van der Waals surface area contributed by atoms with Crippen LogP contribution in [0.5, 0.6) is 5.75 Å². The van der Waals surface area contributed by atoms with E-state index >= 15 is 0 Å². The molecule has 0 aliphatic carbocycles. The first-order valence-electron chi connectivity index (χ1n) is 8.66. The number of aromatic amines is 1. The number of nitrogens with zero attached hydrogens (tertiary/aromatic N) is 1. The summed E-state index contributed by atoms with van der Waals surface area (Å²) >= 11 is 0. The minimum absolute atomic E-state index is 0.152. The number of aryl methyl sites for hydroxylation is 1. The predicted molar refractivity (Wildman–Crippen MR) is 96.5 cm³/mol. The number of hydrogen-bond donors (Lipinski definition) is 1. The number of methoxy groups -OCH3 is 1. The van der Waals surface area contributed by atoms with E-state index in [2.05, 4.69) is 28.1 Å². The number of ether oxygens (including phenoxy) is 1. The number of likely N-dealkylation sites (tertiary alicyclic amines) is 1. The number of nitrogens with one attached hydrogen (secondary N) is 1. The second-order valence-electron chi connectivity index (χ2n) is 6.66. The normalized spacial score (nSPS) is 18.5. The van der Waals surface area contributed by atoms with Gasteiger partial charge in [0.15, 0.2) is 5.43 Å². The average Bonchev–Trinajstić information content (AvgIpc) is 2.62. The molecule has 4 nitrogen and oxygen atoms in total. The average molecular weight is 326 g/mol. The van der Waals surface area contributed by atoms with Crippen molar-refractivity contribution in [3.8, 4) is 5.75 Å². The van der Waals surface area contributed by atoms with E-state index in [4.69, 9.17) is 4.74 Å². The molecule has 1 N–H and O–H groups in total. The molecule has 0 bridgehead atoms. The molecule has 1 aromatic carbocycles. The Morgan fingerprint density at radius 3 is 2.92 bits per heavy atom. The van der Waals surface area contributed by atoms with Crippen molar-refractivity contribution in [3.63, 3.8) is 0 Å². The third kappa shape index (κ3) is 3.39. The van der Waals surface area contributed by atoms with E-state index in [9.17, 15) is 4.79 Å². The van der Waals surface area contributed by atoms with E-state index in [1.807, 2.05) is 26.1 Å². The first-order valence-corrected chi connectivity index (χ1v) is 8.66. The van der Waals surface area contributed by atoms with Crippen LogP contribution in [0.15, 0.2) is 35.3 Å². The van der Waals surface area contributed by atoms with E-state index in [-0.39, 0.29) is 5.43 Å². The molecule has 24 heavy (non-hydrogen) atoms. The summed E-state index contributed by atoms with van der Waals surface area (Å²) in [5.74, 6) is 0.901. The van der Waals surface area contributed by atoms with Gasteiger partial charge >= 0.3 is 0 Å². The van der Waals surface area contributed by atoms with Gasteiger partial charge in [-0.3, -0.25) is 9.69 Å². The third-order valence-corrected chi connectivity index (χ3v) is 5.07. The zero-order chi connectivity index (χ0) is 17.1. The number of rotatable bonds is 4. The Bertz CT molecular complexity index is 766. The van der Waals surface area contributed by atoms with Crippen LogP contribution in [0.1, 0.15) is 47.7 Å². The fourth-order valence-electron chi connectivity index (χ4n) is 3.58. The molecular formula is C20H26N2O2. The summed E-state index contributed by atoms with van der Waals surface area (Å²) < 4.78 is 5.38. The summed E-state index contributed by atoms with van der Waals surface area (Å²) in [6.45, 7) is 5.61. The molecule has 1 aliphatic rings. The molecule has 2 aromatic rings. The topological polar surface area (TPSA) is 45.3 Å². The van der Waals surface area contributed by atoms with Gasteiger partial charge in [-0.15, -0.1) is 0 Å². The lowest BCUT2D eigenvalue weighted by Crippen LogP contribution is -2.34. The molecule has 1 aliphatic heterocycles. The minimum Gasteiger partial charge on any atom is -0.497 e. The maximum absolute atomic E-state index is 12.2. The first-order chi connectivity index (χ1) is 11.6. The zero-order valence-electron chi connectivity index (χ0n) is 14.8. The Morgan fingerprint density at radius 1 is 1.29 bits per heavy atom. The van der Waals surface area contributed by atoms with Gasteiger partial charge in [0.2, 0.25) is 0 Å². The summed E-state index contributed by atoms with van der Waals surface area (Å²) in [7, 11) is 1.71. The van der Waals surface area contributed by atoms with Crippen LogP contribution in [0.4, 0.5) is 0 Å². The Kier molecular flexibility index (Phi) is 5.05. The summed E-state index contributed by atoms with van der Waals surface area (Å²) in [5, 5.41) is 0. The Morgan fingerprint density at radius 2 is 2.12 bits per heavy atom. The van der Waals surface area contributed by atoms with Crippen molar-refractivity contribution in [2.45, 2.75) is 45.7 Å². The highest BCUT2D eigenvalue weighted by atomic mass is 16.5. The number of hydrogen-bond acceptors (Lipinski definition) is 3. The molecule has 0 spiro atoms. The van der Waals surface area contributed by atoms with E-state index in [1.165, 1.54) is 18.4 Å². The van der Waals surface area contributed by atoms with Crippen LogP contribution in [0.3, 0.4) is 0 Å². The number of pyridine rings is 1. The molecule has 4 heteroatoms.